The Kier molecular flexibility index (Phi) is 4.25. The highest BCUT2D eigenvalue weighted by Gasteiger charge is 2.67. The molecule has 1 aromatic heterocycles. The van der Waals surface area contributed by atoms with Crippen LogP contribution in [-0.4, -0.2) is 47.0 Å². The van der Waals surface area contributed by atoms with E-state index in [4.69, 9.17) is 4.74 Å². The van der Waals surface area contributed by atoms with Gasteiger partial charge in [0.2, 0.25) is 11.8 Å². The third-order valence-electron chi connectivity index (χ3n) is 6.35. The molecule has 7 heteroatoms. The van der Waals surface area contributed by atoms with Gasteiger partial charge in [0, 0.05) is 31.7 Å². The summed E-state index contributed by atoms with van der Waals surface area (Å²) in [5.74, 6) is -1.77. The van der Waals surface area contributed by atoms with Crippen LogP contribution in [0.3, 0.4) is 0 Å². The van der Waals surface area contributed by atoms with Gasteiger partial charge in [-0.1, -0.05) is 18.2 Å². The second-order valence-corrected chi connectivity index (χ2v) is 8.31. The van der Waals surface area contributed by atoms with Crippen LogP contribution >= 0.6 is 0 Å². The third kappa shape index (κ3) is 2.76. The van der Waals surface area contributed by atoms with Gasteiger partial charge in [0.05, 0.1) is 24.5 Å². The maximum absolute atomic E-state index is 13.6. The molecule has 0 radical (unpaired) electrons. The molecule has 2 aromatic rings. The van der Waals surface area contributed by atoms with Gasteiger partial charge >= 0.3 is 0 Å². The number of aromatic nitrogens is 1. The van der Waals surface area contributed by atoms with Gasteiger partial charge in [0.1, 0.15) is 11.4 Å². The number of aryl methyl sites for hydroxylation is 1. The molecule has 3 aliphatic heterocycles. The fourth-order valence-corrected chi connectivity index (χ4v) is 5.00. The molecule has 5 rings (SSSR count). The summed E-state index contributed by atoms with van der Waals surface area (Å²) >= 11 is 0. The summed E-state index contributed by atoms with van der Waals surface area (Å²) in [6, 6.07) is 8.11. The lowest BCUT2D eigenvalue weighted by Crippen LogP contribution is -2.44. The number of benzene rings is 1. The summed E-state index contributed by atoms with van der Waals surface area (Å²) in [4.78, 5) is 34.1. The zero-order valence-corrected chi connectivity index (χ0v) is 16.8. The van der Waals surface area contributed by atoms with Gasteiger partial charge in [-0.25, -0.2) is 4.39 Å². The fourth-order valence-electron chi connectivity index (χ4n) is 5.00. The average molecular weight is 407 g/mol. The number of carbonyl (C=O) groups is 2. The van der Waals surface area contributed by atoms with E-state index in [1.807, 2.05) is 24.3 Å². The van der Waals surface area contributed by atoms with Gasteiger partial charge < -0.3 is 14.5 Å². The molecule has 2 amide bonds. The van der Waals surface area contributed by atoms with Crippen molar-refractivity contribution in [2.24, 2.45) is 11.8 Å². The van der Waals surface area contributed by atoms with Crippen molar-refractivity contribution in [2.45, 2.75) is 25.2 Å². The second-order valence-electron chi connectivity index (χ2n) is 8.31. The Morgan fingerprint density at radius 1 is 1.40 bits per heavy atom. The van der Waals surface area contributed by atoms with Crippen LogP contribution < -0.4 is 4.90 Å². The first kappa shape index (κ1) is 18.9. The smallest absolute Gasteiger partial charge is 0.234 e. The number of hydrogen-bond acceptors (Lipinski definition) is 4. The zero-order valence-electron chi connectivity index (χ0n) is 16.8. The molecule has 4 atom stereocenters. The highest BCUT2D eigenvalue weighted by molar-refractivity contribution is 6.03. The summed E-state index contributed by atoms with van der Waals surface area (Å²) < 4.78 is 19.7. The molecule has 4 heterocycles. The number of ether oxygens (including phenoxy) is 1. The number of hydrogen-bond donors (Lipinski definition) is 0. The molecule has 0 saturated carbocycles. The van der Waals surface area contributed by atoms with Crippen molar-refractivity contribution in [3.05, 3.63) is 71.8 Å². The van der Waals surface area contributed by atoms with Crippen LogP contribution in [0.2, 0.25) is 0 Å². The van der Waals surface area contributed by atoms with Crippen molar-refractivity contribution in [2.75, 3.05) is 18.5 Å². The Labute approximate surface area is 174 Å². The van der Waals surface area contributed by atoms with Crippen molar-refractivity contribution in [3.8, 4) is 0 Å². The van der Waals surface area contributed by atoms with E-state index in [-0.39, 0.29) is 17.6 Å². The number of halogens is 1. The van der Waals surface area contributed by atoms with Gasteiger partial charge in [-0.2, -0.15) is 0 Å². The number of amides is 2. The first-order chi connectivity index (χ1) is 14.4. The monoisotopic (exact) mass is 407 g/mol. The Morgan fingerprint density at radius 2 is 2.23 bits per heavy atom. The molecule has 2 saturated heterocycles. The Balaban J connectivity index is 1.43. The molecule has 0 N–H and O–H groups in total. The van der Waals surface area contributed by atoms with E-state index < -0.39 is 23.5 Å². The topological polar surface area (TPSA) is 62.7 Å². The summed E-state index contributed by atoms with van der Waals surface area (Å²) in [6.45, 7) is 2.51. The molecule has 0 unspecified atom stereocenters. The molecule has 1 spiro atoms. The maximum atomic E-state index is 13.6. The van der Waals surface area contributed by atoms with Crippen LogP contribution in [0.5, 0.6) is 0 Å². The minimum atomic E-state index is -0.807. The molecular weight excluding hydrogens is 385 g/mol. The van der Waals surface area contributed by atoms with Crippen molar-refractivity contribution < 1.29 is 18.7 Å². The fraction of sp³-hybridized carbons (Fsp3) is 0.348. The summed E-state index contributed by atoms with van der Waals surface area (Å²) in [5.41, 5.74) is 1.44. The minimum absolute atomic E-state index is 0.119. The minimum Gasteiger partial charge on any atom is -0.360 e. The average Bonchev–Trinajstić information content (AvgIpc) is 3.36. The van der Waals surface area contributed by atoms with Gasteiger partial charge in [0.15, 0.2) is 0 Å². The van der Waals surface area contributed by atoms with E-state index >= 15 is 0 Å². The normalized spacial score (nSPS) is 28.8. The van der Waals surface area contributed by atoms with Crippen LogP contribution in [0.15, 0.2) is 54.9 Å². The number of pyridine rings is 1. The summed E-state index contributed by atoms with van der Waals surface area (Å²) in [7, 11) is 1.74. The molecule has 3 aliphatic rings. The van der Waals surface area contributed by atoms with Crippen LogP contribution in [0, 0.1) is 24.6 Å². The van der Waals surface area contributed by atoms with Crippen LogP contribution in [0.25, 0.3) is 0 Å². The Bertz CT molecular complexity index is 1060. The van der Waals surface area contributed by atoms with E-state index in [1.165, 1.54) is 12.1 Å². The SMILES string of the molecule is Cc1cc(F)ccc1N1C[C@]23C=C[C@H](O2)[C@H](C(=O)N(C)Cc2cccnc2)[C@H]3C1=O. The van der Waals surface area contributed by atoms with E-state index in [1.54, 1.807) is 42.2 Å². The van der Waals surface area contributed by atoms with E-state index in [2.05, 4.69) is 4.98 Å². The van der Waals surface area contributed by atoms with Gasteiger partial charge in [0.25, 0.3) is 0 Å². The number of nitrogens with zero attached hydrogens (tertiary/aromatic N) is 3. The van der Waals surface area contributed by atoms with Gasteiger partial charge in [-0.15, -0.1) is 0 Å². The van der Waals surface area contributed by atoms with Crippen LogP contribution in [0.4, 0.5) is 10.1 Å². The van der Waals surface area contributed by atoms with E-state index in [0.717, 1.165) is 5.56 Å². The van der Waals surface area contributed by atoms with E-state index in [9.17, 15) is 14.0 Å². The van der Waals surface area contributed by atoms with Crippen LogP contribution in [0.1, 0.15) is 11.1 Å². The van der Waals surface area contributed by atoms with Crippen molar-refractivity contribution in [3.63, 3.8) is 0 Å². The standard InChI is InChI=1S/C23H22FN3O3/c1-14-10-16(24)5-6-17(14)27-13-23-8-7-18(30-23)19(20(23)22(27)29)21(28)26(2)12-15-4-3-9-25-11-15/h3-11,18-20H,12-13H2,1-2H3/t18-,19-,20-,23-/m0/s1. The van der Waals surface area contributed by atoms with Gasteiger partial charge in [-0.3, -0.25) is 14.6 Å². The summed E-state index contributed by atoms with van der Waals surface area (Å²) in [6.07, 6.45) is 6.82. The quantitative estimate of drug-likeness (QED) is 0.731. The molecule has 0 aliphatic carbocycles. The number of carbonyl (C=O) groups excluding carboxylic acids is 2. The van der Waals surface area contributed by atoms with Crippen LogP contribution in [-0.2, 0) is 20.9 Å². The molecule has 30 heavy (non-hydrogen) atoms. The van der Waals surface area contributed by atoms with Gasteiger partial charge in [-0.05, 0) is 42.3 Å². The lowest BCUT2D eigenvalue weighted by Gasteiger charge is -2.28. The predicted octanol–water partition coefficient (Wildman–Crippen LogP) is 2.47. The number of rotatable bonds is 4. The second kappa shape index (κ2) is 6.74. The first-order valence-corrected chi connectivity index (χ1v) is 9.98. The lowest BCUT2D eigenvalue weighted by molar-refractivity contribution is -0.139. The number of fused-ring (bicyclic) bond motifs is 1. The van der Waals surface area contributed by atoms with Crippen molar-refractivity contribution >= 4 is 17.5 Å². The van der Waals surface area contributed by atoms with Crippen molar-refractivity contribution in [1.82, 2.24) is 9.88 Å². The first-order valence-electron chi connectivity index (χ1n) is 9.98. The highest BCUT2D eigenvalue weighted by Crippen LogP contribution is 2.53. The molecule has 2 fully saturated rings. The lowest BCUT2D eigenvalue weighted by atomic mass is 9.76. The third-order valence-corrected chi connectivity index (χ3v) is 6.35. The molecule has 1 aromatic carbocycles. The highest BCUT2D eigenvalue weighted by atomic mass is 19.1. The maximum Gasteiger partial charge on any atom is 0.234 e. The number of anilines is 1. The van der Waals surface area contributed by atoms with E-state index in [0.29, 0.717) is 24.3 Å². The van der Waals surface area contributed by atoms with Crippen molar-refractivity contribution in [1.29, 1.82) is 0 Å². The Hall–Kier alpha value is -3.06. The summed E-state index contributed by atoms with van der Waals surface area (Å²) in [5, 5.41) is 0. The predicted molar refractivity (Wildman–Crippen MR) is 108 cm³/mol. The Morgan fingerprint density at radius 3 is 2.97 bits per heavy atom. The largest absolute Gasteiger partial charge is 0.360 e. The molecular formula is C23H22FN3O3. The molecule has 2 bridgehead atoms. The zero-order chi connectivity index (χ0) is 21.0. The molecule has 154 valence electrons. The molecule has 6 nitrogen and oxygen atoms in total.